The Bertz CT molecular complexity index is 966. The lowest BCUT2D eigenvalue weighted by Crippen LogP contribution is -2.15. The first-order chi connectivity index (χ1) is 18.0. The van der Waals surface area contributed by atoms with Crippen molar-refractivity contribution >= 4 is 0 Å². The van der Waals surface area contributed by atoms with Crippen molar-refractivity contribution in [1.82, 2.24) is 0 Å². The summed E-state index contributed by atoms with van der Waals surface area (Å²) in [7, 11) is 0. The summed E-state index contributed by atoms with van der Waals surface area (Å²) >= 11 is 0. The lowest BCUT2D eigenvalue weighted by Gasteiger charge is -2.29. The first-order valence-electron chi connectivity index (χ1n) is 14.6. The molecule has 0 heterocycles. The average molecular weight is 521 g/mol. The van der Waals surface area contributed by atoms with Crippen LogP contribution in [-0.2, 0) is 0 Å². The molecular formula is C32H44F4O. The van der Waals surface area contributed by atoms with Gasteiger partial charge in [-0.05, 0) is 61.6 Å². The fraction of sp³-hybridized carbons (Fsp3) is 0.625. The molecule has 2 aromatic carbocycles. The molecule has 0 unspecified atom stereocenters. The van der Waals surface area contributed by atoms with Crippen molar-refractivity contribution in [2.24, 2.45) is 5.92 Å². The minimum Gasteiger partial charge on any atom is -0.490 e. The summed E-state index contributed by atoms with van der Waals surface area (Å²) in [4.78, 5) is 0. The van der Waals surface area contributed by atoms with Crippen molar-refractivity contribution in [3.05, 3.63) is 53.1 Å². The van der Waals surface area contributed by atoms with Gasteiger partial charge >= 0.3 is 0 Å². The lowest BCUT2D eigenvalue weighted by molar-refractivity contribution is 0.285. The Morgan fingerprint density at radius 1 is 0.622 bits per heavy atom. The Hall–Kier alpha value is -2.04. The zero-order chi connectivity index (χ0) is 26.6. The van der Waals surface area contributed by atoms with Crippen LogP contribution in [0.1, 0.15) is 122 Å². The Balaban J connectivity index is 1.60. The average Bonchev–Trinajstić information content (AvgIpc) is 2.91. The van der Waals surface area contributed by atoms with E-state index >= 15 is 8.78 Å². The van der Waals surface area contributed by atoms with Gasteiger partial charge in [0.2, 0.25) is 5.82 Å². The highest BCUT2D eigenvalue weighted by Gasteiger charge is 2.27. The van der Waals surface area contributed by atoms with E-state index in [0.717, 1.165) is 57.8 Å². The van der Waals surface area contributed by atoms with Crippen molar-refractivity contribution in [1.29, 1.82) is 0 Å². The third-order valence-electron chi connectivity index (χ3n) is 7.96. The van der Waals surface area contributed by atoms with E-state index < -0.39 is 23.3 Å². The molecule has 0 aliphatic heterocycles. The maximum Gasteiger partial charge on any atom is 0.201 e. The topological polar surface area (TPSA) is 9.23 Å². The molecule has 3 rings (SSSR count). The molecule has 1 aliphatic carbocycles. The van der Waals surface area contributed by atoms with Crippen LogP contribution in [0.4, 0.5) is 17.6 Å². The van der Waals surface area contributed by atoms with Gasteiger partial charge in [-0.15, -0.1) is 0 Å². The third kappa shape index (κ3) is 8.22. The molecule has 0 spiro atoms. The van der Waals surface area contributed by atoms with Crippen LogP contribution in [0, 0.1) is 29.2 Å². The molecule has 0 saturated heterocycles. The van der Waals surface area contributed by atoms with E-state index in [-0.39, 0.29) is 29.4 Å². The van der Waals surface area contributed by atoms with Crippen molar-refractivity contribution in [3.8, 4) is 16.9 Å². The van der Waals surface area contributed by atoms with Gasteiger partial charge in [0.15, 0.2) is 23.2 Å². The van der Waals surface area contributed by atoms with E-state index in [4.69, 9.17) is 4.74 Å². The van der Waals surface area contributed by atoms with Gasteiger partial charge in [-0.2, -0.15) is 4.39 Å². The first-order valence-corrected chi connectivity index (χ1v) is 14.6. The summed E-state index contributed by atoms with van der Waals surface area (Å²) in [6.07, 6.45) is 16.4. The van der Waals surface area contributed by atoms with Crippen molar-refractivity contribution in [2.45, 2.75) is 116 Å². The van der Waals surface area contributed by atoms with Crippen LogP contribution in [0.15, 0.2) is 24.3 Å². The van der Waals surface area contributed by atoms with Crippen LogP contribution >= 0.6 is 0 Å². The molecule has 0 bridgehead atoms. The van der Waals surface area contributed by atoms with E-state index in [0.29, 0.717) is 11.5 Å². The van der Waals surface area contributed by atoms with Gasteiger partial charge in [-0.25, -0.2) is 13.2 Å². The molecule has 1 saturated carbocycles. The van der Waals surface area contributed by atoms with Crippen molar-refractivity contribution in [2.75, 3.05) is 6.61 Å². The van der Waals surface area contributed by atoms with E-state index in [9.17, 15) is 8.78 Å². The van der Waals surface area contributed by atoms with Crippen molar-refractivity contribution < 1.29 is 22.3 Å². The normalized spacial score (nSPS) is 17.8. The maximum atomic E-state index is 15.1. The fourth-order valence-electron chi connectivity index (χ4n) is 5.63. The predicted molar refractivity (Wildman–Crippen MR) is 144 cm³/mol. The molecule has 0 atom stereocenters. The van der Waals surface area contributed by atoms with E-state index in [1.54, 1.807) is 6.07 Å². The Kier molecular flexibility index (Phi) is 12.3. The summed E-state index contributed by atoms with van der Waals surface area (Å²) in [6, 6.07) is 5.52. The third-order valence-corrected chi connectivity index (χ3v) is 7.96. The molecular weight excluding hydrogens is 476 g/mol. The van der Waals surface area contributed by atoms with Crippen LogP contribution < -0.4 is 4.74 Å². The second kappa shape index (κ2) is 15.4. The fourth-order valence-corrected chi connectivity index (χ4v) is 5.63. The first kappa shape index (κ1) is 29.5. The maximum absolute atomic E-state index is 15.1. The van der Waals surface area contributed by atoms with E-state index in [1.807, 2.05) is 0 Å². The molecule has 37 heavy (non-hydrogen) atoms. The van der Waals surface area contributed by atoms with Gasteiger partial charge in [0.05, 0.1) is 6.61 Å². The predicted octanol–water partition coefficient (Wildman–Crippen LogP) is 10.9. The SMILES string of the molecule is CCCCCCCOc1ccc(-c2ccc(C3CCC(CCCCCCC)CC3)c(F)c2F)c(F)c1F. The zero-order valence-corrected chi connectivity index (χ0v) is 22.7. The Morgan fingerprint density at radius 3 is 1.84 bits per heavy atom. The minimum absolute atomic E-state index is 0.0328. The van der Waals surface area contributed by atoms with Crippen LogP contribution in [0.25, 0.3) is 11.1 Å². The van der Waals surface area contributed by atoms with Crippen molar-refractivity contribution in [3.63, 3.8) is 0 Å². The largest absolute Gasteiger partial charge is 0.490 e. The van der Waals surface area contributed by atoms with Gasteiger partial charge in [0.25, 0.3) is 0 Å². The number of rotatable bonds is 15. The lowest BCUT2D eigenvalue weighted by atomic mass is 9.76. The van der Waals surface area contributed by atoms with Gasteiger partial charge in [-0.3, -0.25) is 0 Å². The molecule has 0 aromatic heterocycles. The number of hydrogen-bond donors (Lipinski definition) is 0. The monoisotopic (exact) mass is 520 g/mol. The Morgan fingerprint density at radius 2 is 1.19 bits per heavy atom. The number of ether oxygens (including phenoxy) is 1. The summed E-state index contributed by atoms with van der Waals surface area (Å²) in [5.41, 5.74) is -0.196. The Labute approximate surface area is 221 Å². The van der Waals surface area contributed by atoms with E-state index in [1.165, 1.54) is 56.7 Å². The summed E-state index contributed by atoms with van der Waals surface area (Å²) < 4.78 is 65.2. The summed E-state index contributed by atoms with van der Waals surface area (Å²) in [6.45, 7) is 4.63. The smallest absolute Gasteiger partial charge is 0.201 e. The number of halogens is 4. The molecule has 1 aliphatic rings. The second-order valence-electron chi connectivity index (χ2n) is 10.8. The van der Waals surface area contributed by atoms with Gasteiger partial charge in [0, 0.05) is 11.1 Å². The quantitative estimate of drug-likeness (QED) is 0.168. The molecule has 1 nitrogen and oxygen atoms in total. The summed E-state index contributed by atoms with van der Waals surface area (Å²) in [5, 5.41) is 0. The van der Waals surface area contributed by atoms with E-state index in [2.05, 4.69) is 13.8 Å². The standard InChI is InChI=1S/C32H44F4O/c1-3-5-7-9-11-13-23-14-16-24(17-15-23)25-18-19-26(30(34)29(25)33)27-20-21-28(32(36)31(27)35)37-22-12-10-8-6-4-2/h18-21,23-24H,3-17,22H2,1-2H3. The van der Waals surface area contributed by atoms with Gasteiger partial charge in [-0.1, -0.05) is 90.2 Å². The highest BCUT2D eigenvalue weighted by Crippen LogP contribution is 2.41. The second-order valence-corrected chi connectivity index (χ2v) is 10.8. The van der Waals surface area contributed by atoms with Gasteiger partial charge < -0.3 is 4.74 Å². The number of unbranched alkanes of at least 4 members (excludes halogenated alkanes) is 8. The number of benzene rings is 2. The highest BCUT2D eigenvalue weighted by atomic mass is 19.2. The minimum atomic E-state index is -1.21. The summed E-state index contributed by atoms with van der Waals surface area (Å²) in [5.74, 6) is -3.99. The molecule has 206 valence electrons. The molecule has 0 radical (unpaired) electrons. The van der Waals surface area contributed by atoms with Crippen LogP contribution in [-0.4, -0.2) is 6.61 Å². The van der Waals surface area contributed by atoms with Gasteiger partial charge in [0.1, 0.15) is 0 Å². The zero-order valence-electron chi connectivity index (χ0n) is 22.7. The van der Waals surface area contributed by atoms with Crippen LogP contribution in [0.2, 0.25) is 0 Å². The molecule has 2 aromatic rings. The highest BCUT2D eigenvalue weighted by molar-refractivity contribution is 5.66. The van der Waals surface area contributed by atoms with Crippen LogP contribution in [0.5, 0.6) is 5.75 Å². The molecule has 1 fully saturated rings. The van der Waals surface area contributed by atoms with Crippen LogP contribution in [0.3, 0.4) is 0 Å². The number of hydrogen-bond acceptors (Lipinski definition) is 1. The molecule has 0 N–H and O–H groups in total. The molecule has 5 heteroatoms. The molecule has 0 amide bonds.